The molecule has 116 valence electrons. The minimum absolute atomic E-state index is 0.167. The highest BCUT2D eigenvalue weighted by atomic mass is 16.1. The lowest BCUT2D eigenvalue weighted by molar-refractivity contribution is -0.124. The van der Waals surface area contributed by atoms with Gasteiger partial charge in [0.15, 0.2) is 0 Å². The summed E-state index contributed by atoms with van der Waals surface area (Å²) in [5.41, 5.74) is 5.24. The Kier molecular flexibility index (Phi) is 5.08. The molecular formula is C16H31N3O. The lowest BCUT2D eigenvalue weighted by Gasteiger charge is -2.33. The van der Waals surface area contributed by atoms with Crippen LogP contribution in [0.15, 0.2) is 0 Å². The fraction of sp³-hybridized carbons (Fsp3) is 0.938. The van der Waals surface area contributed by atoms with Gasteiger partial charge in [0.05, 0.1) is 5.54 Å². The molecule has 0 saturated heterocycles. The molecule has 0 heterocycles. The van der Waals surface area contributed by atoms with E-state index in [9.17, 15) is 4.79 Å². The number of unbranched alkanes of at least 4 members (excludes halogenated alkanes) is 1. The second-order valence-corrected chi connectivity index (χ2v) is 6.96. The van der Waals surface area contributed by atoms with E-state index in [0.717, 1.165) is 25.3 Å². The predicted molar refractivity (Wildman–Crippen MR) is 82.5 cm³/mol. The largest absolute Gasteiger partial charge is 0.368 e. The zero-order valence-corrected chi connectivity index (χ0v) is 13.3. The fourth-order valence-corrected chi connectivity index (χ4v) is 3.69. The highest BCUT2D eigenvalue weighted by Crippen LogP contribution is 2.39. The molecule has 2 aliphatic carbocycles. The van der Waals surface area contributed by atoms with Crippen LogP contribution in [0.5, 0.6) is 0 Å². The molecule has 3 N–H and O–H groups in total. The first-order chi connectivity index (χ1) is 9.48. The molecule has 2 rings (SSSR count). The molecule has 2 aliphatic rings. The summed E-state index contributed by atoms with van der Waals surface area (Å²) in [6, 6.07) is 1.60. The van der Waals surface area contributed by atoms with Crippen LogP contribution in [-0.2, 0) is 4.79 Å². The maximum atomic E-state index is 12.0. The number of carbonyl (C=O) groups is 1. The highest BCUT2D eigenvalue weighted by Gasteiger charge is 2.47. The standard InChI is InChI=1S/C16H31N3O/c1-4-5-10-19(13-6-7-13)14-8-9-16(11-14,15(17)20)18-12(2)3/h12-14,18H,4-11H2,1-3H3,(H2,17,20). The van der Waals surface area contributed by atoms with Crippen LogP contribution in [0.25, 0.3) is 0 Å². The molecule has 0 bridgehead atoms. The molecule has 0 aromatic carbocycles. The molecule has 1 amide bonds. The van der Waals surface area contributed by atoms with Crippen LogP contribution in [0.4, 0.5) is 0 Å². The smallest absolute Gasteiger partial charge is 0.237 e. The Hall–Kier alpha value is -0.610. The first-order valence-electron chi connectivity index (χ1n) is 8.32. The number of hydrogen-bond donors (Lipinski definition) is 2. The summed E-state index contributed by atoms with van der Waals surface area (Å²) in [7, 11) is 0. The molecule has 2 unspecified atom stereocenters. The summed E-state index contributed by atoms with van der Waals surface area (Å²) >= 11 is 0. The minimum Gasteiger partial charge on any atom is -0.368 e. The monoisotopic (exact) mass is 281 g/mol. The van der Waals surface area contributed by atoms with Gasteiger partial charge in [-0.05, 0) is 58.9 Å². The zero-order chi connectivity index (χ0) is 14.8. The lowest BCUT2D eigenvalue weighted by Crippen LogP contribution is -2.57. The van der Waals surface area contributed by atoms with Gasteiger partial charge in [-0.1, -0.05) is 13.3 Å². The number of carbonyl (C=O) groups excluding carboxylic acids is 1. The maximum Gasteiger partial charge on any atom is 0.237 e. The lowest BCUT2D eigenvalue weighted by atomic mass is 9.95. The van der Waals surface area contributed by atoms with Gasteiger partial charge in [0, 0.05) is 18.1 Å². The van der Waals surface area contributed by atoms with Crippen LogP contribution >= 0.6 is 0 Å². The van der Waals surface area contributed by atoms with E-state index in [2.05, 4.69) is 31.0 Å². The van der Waals surface area contributed by atoms with Gasteiger partial charge >= 0.3 is 0 Å². The van der Waals surface area contributed by atoms with Crippen molar-refractivity contribution in [1.82, 2.24) is 10.2 Å². The number of nitrogens with one attached hydrogen (secondary N) is 1. The van der Waals surface area contributed by atoms with E-state index >= 15 is 0 Å². The summed E-state index contributed by atoms with van der Waals surface area (Å²) in [5, 5.41) is 3.45. The summed E-state index contributed by atoms with van der Waals surface area (Å²) in [5.74, 6) is -0.167. The molecule has 2 fully saturated rings. The quantitative estimate of drug-likeness (QED) is 0.715. The Balaban J connectivity index is 2.02. The van der Waals surface area contributed by atoms with Crippen molar-refractivity contribution in [2.75, 3.05) is 6.54 Å². The topological polar surface area (TPSA) is 58.4 Å². The molecule has 0 radical (unpaired) electrons. The van der Waals surface area contributed by atoms with Crippen molar-refractivity contribution in [3.63, 3.8) is 0 Å². The molecule has 4 heteroatoms. The number of primary amides is 1. The summed E-state index contributed by atoms with van der Waals surface area (Å²) in [6.07, 6.45) is 8.04. The molecule has 2 saturated carbocycles. The highest BCUT2D eigenvalue weighted by molar-refractivity contribution is 5.85. The van der Waals surface area contributed by atoms with Gasteiger partial charge in [0.25, 0.3) is 0 Å². The normalized spacial score (nSPS) is 30.4. The third kappa shape index (κ3) is 3.53. The van der Waals surface area contributed by atoms with E-state index in [0.29, 0.717) is 12.1 Å². The first-order valence-corrected chi connectivity index (χ1v) is 8.32. The van der Waals surface area contributed by atoms with E-state index in [1.165, 1.54) is 32.2 Å². The molecule has 20 heavy (non-hydrogen) atoms. The minimum atomic E-state index is -0.474. The van der Waals surface area contributed by atoms with Crippen LogP contribution in [-0.4, -0.2) is 41.0 Å². The van der Waals surface area contributed by atoms with Crippen LogP contribution in [0.1, 0.15) is 65.7 Å². The Morgan fingerprint density at radius 1 is 1.35 bits per heavy atom. The van der Waals surface area contributed by atoms with E-state index < -0.39 is 5.54 Å². The predicted octanol–water partition coefficient (Wildman–Crippen LogP) is 2.03. The van der Waals surface area contributed by atoms with Gasteiger partial charge in [-0.2, -0.15) is 0 Å². The average Bonchev–Trinajstić information content (AvgIpc) is 3.11. The second-order valence-electron chi connectivity index (χ2n) is 6.96. The maximum absolute atomic E-state index is 12.0. The van der Waals surface area contributed by atoms with Crippen molar-refractivity contribution in [2.45, 2.75) is 89.4 Å². The molecule has 4 nitrogen and oxygen atoms in total. The molecular weight excluding hydrogens is 250 g/mol. The Labute approximate surface area is 123 Å². The Morgan fingerprint density at radius 3 is 2.55 bits per heavy atom. The Bertz CT molecular complexity index is 341. The summed E-state index contributed by atoms with van der Waals surface area (Å²) in [4.78, 5) is 14.6. The molecule has 0 aromatic heterocycles. The molecule has 0 aromatic rings. The second kappa shape index (κ2) is 6.44. The van der Waals surface area contributed by atoms with E-state index in [1.54, 1.807) is 0 Å². The van der Waals surface area contributed by atoms with E-state index in [4.69, 9.17) is 5.73 Å². The van der Waals surface area contributed by atoms with Crippen LogP contribution in [0, 0.1) is 0 Å². The van der Waals surface area contributed by atoms with Crippen LogP contribution in [0.3, 0.4) is 0 Å². The van der Waals surface area contributed by atoms with Crippen molar-refractivity contribution in [3.8, 4) is 0 Å². The fourth-order valence-electron chi connectivity index (χ4n) is 3.69. The van der Waals surface area contributed by atoms with Gasteiger partial charge in [-0.15, -0.1) is 0 Å². The van der Waals surface area contributed by atoms with Gasteiger partial charge in [-0.3, -0.25) is 9.69 Å². The molecule has 0 spiro atoms. The number of rotatable bonds is 8. The summed E-state index contributed by atoms with van der Waals surface area (Å²) in [6.45, 7) is 7.61. The zero-order valence-electron chi connectivity index (χ0n) is 13.3. The first kappa shape index (κ1) is 15.8. The SMILES string of the molecule is CCCCN(C1CC1)C1CCC(NC(C)C)(C(N)=O)C1. The van der Waals surface area contributed by atoms with Crippen molar-refractivity contribution in [1.29, 1.82) is 0 Å². The van der Waals surface area contributed by atoms with E-state index in [-0.39, 0.29) is 5.91 Å². The van der Waals surface area contributed by atoms with Crippen molar-refractivity contribution < 1.29 is 4.79 Å². The number of hydrogen-bond acceptors (Lipinski definition) is 3. The van der Waals surface area contributed by atoms with Crippen LogP contribution < -0.4 is 11.1 Å². The van der Waals surface area contributed by atoms with Gasteiger partial charge in [-0.25, -0.2) is 0 Å². The van der Waals surface area contributed by atoms with Crippen LogP contribution in [0.2, 0.25) is 0 Å². The third-order valence-electron chi connectivity index (χ3n) is 4.78. The van der Waals surface area contributed by atoms with Gasteiger partial charge in [0.2, 0.25) is 5.91 Å². The van der Waals surface area contributed by atoms with Crippen molar-refractivity contribution >= 4 is 5.91 Å². The average molecular weight is 281 g/mol. The number of nitrogens with two attached hydrogens (primary N) is 1. The third-order valence-corrected chi connectivity index (χ3v) is 4.78. The van der Waals surface area contributed by atoms with Crippen molar-refractivity contribution in [2.24, 2.45) is 5.73 Å². The number of amides is 1. The Morgan fingerprint density at radius 2 is 2.05 bits per heavy atom. The number of nitrogens with zero attached hydrogens (tertiary/aromatic N) is 1. The van der Waals surface area contributed by atoms with Crippen molar-refractivity contribution in [3.05, 3.63) is 0 Å². The van der Waals surface area contributed by atoms with Gasteiger partial charge < -0.3 is 11.1 Å². The summed E-state index contributed by atoms with van der Waals surface area (Å²) < 4.78 is 0. The molecule has 2 atom stereocenters. The van der Waals surface area contributed by atoms with E-state index in [1.807, 2.05) is 0 Å². The van der Waals surface area contributed by atoms with Gasteiger partial charge in [0.1, 0.15) is 0 Å². The molecule has 0 aliphatic heterocycles.